The number of aliphatic carboxylic acids is 1. The molecule has 0 radical (unpaired) electrons. The highest BCUT2D eigenvalue weighted by atomic mass is 16.4. The van der Waals surface area contributed by atoms with E-state index in [0.717, 1.165) is 0 Å². The summed E-state index contributed by atoms with van der Waals surface area (Å²) in [5.74, 6) is -1.22. The Kier molecular flexibility index (Phi) is 5.07. The van der Waals surface area contributed by atoms with Crippen LogP contribution < -0.4 is 0 Å². The number of rotatable bonds is 6. The molecule has 3 heteroatoms. The van der Waals surface area contributed by atoms with Crippen molar-refractivity contribution < 1.29 is 15.0 Å². The molecule has 0 saturated carbocycles. The Balaban J connectivity index is 4.31. The Morgan fingerprint density at radius 3 is 2.46 bits per heavy atom. The molecule has 2 unspecified atom stereocenters. The summed E-state index contributed by atoms with van der Waals surface area (Å²) >= 11 is 0. The summed E-state index contributed by atoms with van der Waals surface area (Å²) in [7, 11) is 0. The molecule has 0 aliphatic heterocycles. The maximum atomic E-state index is 10.6. The summed E-state index contributed by atoms with van der Waals surface area (Å²) in [6, 6.07) is 0. The lowest BCUT2D eigenvalue weighted by atomic mass is 9.91. The van der Waals surface area contributed by atoms with E-state index in [0.29, 0.717) is 12.8 Å². The fourth-order valence-corrected chi connectivity index (χ4v) is 1.17. The lowest BCUT2D eigenvalue weighted by molar-refractivity contribution is -0.133. The molecule has 74 valence electrons. The molecule has 0 rings (SSSR count). The van der Waals surface area contributed by atoms with Crippen molar-refractivity contribution in [2.75, 3.05) is 0 Å². The normalized spacial score (nSPS) is 14.6. The van der Waals surface area contributed by atoms with Crippen LogP contribution in [0.5, 0.6) is 0 Å². The molecule has 2 N–H and O–H groups in total. The minimum atomic E-state index is -1.01. The molecular formula is C10H16O3. The van der Waals surface area contributed by atoms with E-state index in [1.807, 2.05) is 0 Å². The van der Waals surface area contributed by atoms with Gasteiger partial charge in [-0.1, -0.05) is 12.7 Å². The highest BCUT2D eigenvalue weighted by Crippen LogP contribution is 2.20. The second kappa shape index (κ2) is 5.54. The second-order valence-electron chi connectivity index (χ2n) is 3.14. The Labute approximate surface area is 78.4 Å². The quantitative estimate of drug-likeness (QED) is 0.487. The first-order chi connectivity index (χ1) is 5.99. The molecule has 0 heterocycles. The molecule has 0 spiro atoms. The third-order valence-corrected chi connectivity index (χ3v) is 1.84. The average Bonchev–Trinajstić information content (AvgIpc) is 2.01. The Bertz CT molecular complexity index is 206. The highest BCUT2D eigenvalue weighted by molar-refractivity contribution is 5.86. The Hall–Kier alpha value is -1.09. The van der Waals surface area contributed by atoms with Gasteiger partial charge in [0, 0.05) is 5.57 Å². The van der Waals surface area contributed by atoms with E-state index in [4.69, 9.17) is 10.2 Å². The zero-order valence-electron chi connectivity index (χ0n) is 7.86. The fraction of sp³-hybridized carbons (Fsp3) is 0.500. The number of hydrogen-bond acceptors (Lipinski definition) is 2. The molecule has 3 nitrogen and oxygen atoms in total. The summed E-state index contributed by atoms with van der Waals surface area (Å²) in [5, 5.41) is 17.8. The summed E-state index contributed by atoms with van der Waals surface area (Å²) in [4.78, 5) is 10.6. The van der Waals surface area contributed by atoms with Gasteiger partial charge in [-0.3, -0.25) is 0 Å². The van der Waals surface area contributed by atoms with Crippen LogP contribution in [-0.4, -0.2) is 22.3 Å². The van der Waals surface area contributed by atoms with Crippen LogP contribution in [0.1, 0.15) is 19.8 Å². The summed E-state index contributed by atoms with van der Waals surface area (Å²) < 4.78 is 0. The molecule has 0 bridgehead atoms. The van der Waals surface area contributed by atoms with Crippen LogP contribution in [0.25, 0.3) is 0 Å². The van der Waals surface area contributed by atoms with E-state index >= 15 is 0 Å². The number of aliphatic hydroxyl groups is 1. The van der Waals surface area contributed by atoms with Crippen LogP contribution in [0.3, 0.4) is 0 Å². The largest absolute Gasteiger partial charge is 0.478 e. The average molecular weight is 184 g/mol. The number of carboxylic acid groups (broad SMARTS) is 1. The van der Waals surface area contributed by atoms with E-state index < -0.39 is 12.1 Å². The summed E-state index contributed by atoms with van der Waals surface area (Å²) in [5.41, 5.74) is 0.140. The molecular weight excluding hydrogens is 168 g/mol. The van der Waals surface area contributed by atoms with E-state index in [1.165, 1.54) is 0 Å². The van der Waals surface area contributed by atoms with Crippen molar-refractivity contribution in [1.29, 1.82) is 0 Å². The Morgan fingerprint density at radius 1 is 1.62 bits per heavy atom. The van der Waals surface area contributed by atoms with Gasteiger partial charge in [0.05, 0.1) is 6.10 Å². The molecule has 0 aliphatic rings. The summed E-state index contributed by atoms with van der Waals surface area (Å²) in [6.45, 7) is 8.63. The molecule has 0 amide bonds. The van der Waals surface area contributed by atoms with Crippen LogP contribution in [0.4, 0.5) is 0 Å². The molecule has 0 aliphatic carbocycles. The number of aliphatic hydroxyl groups excluding tert-OH is 1. The van der Waals surface area contributed by atoms with Crippen molar-refractivity contribution >= 4 is 5.97 Å². The zero-order valence-corrected chi connectivity index (χ0v) is 7.86. The minimum absolute atomic E-state index is 0.140. The topological polar surface area (TPSA) is 57.5 Å². The number of hydrogen-bond donors (Lipinski definition) is 2. The first-order valence-corrected chi connectivity index (χ1v) is 4.20. The second-order valence-corrected chi connectivity index (χ2v) is 3.14. The third-order valence-electron chi connectivity index (χ3n) is 1.84. The van der Waals surface area contributed by atoms with Gasteiger partial charge >= 0.3 is 5.97 Å². The first-order valence-electron chi connectivity index (χ1n) is 4.20. The van der Waals surface area contributed by atoms with E-state index in [9.17, 15) is 4.79 Å². The van der Waals surface area contributed by atoms with E-state index in [-0.39, 0.29) is 11.5 Å². The summed E-state index contributed by atoms with van der Waals surface area (Å²) in [6.07, 6.45) is 2.08. The van der Waals surface area contributed by atoms with Crippen LogP contribution in [-0.2, 0) is 4.79 Å². The monoisotopic (exact) mass is 184 g/mol. The molecule has 13 heavy (non-hydrogen) atoms. The smallest absolute Gasteiger partial charge is 0.331 e. The van der Waals surface area contributed by atoms with Crippen molar-refractivity contribution in [3.63, 3.8) is 0 Å². The van der Waals surface area contributed by atoms with Gasteiger partial charge in [0.2, 0.25) is 0 Å². The first kappa shape index (κ1) is 11.9. The minimum Gasteiger partial charge on any atom is -0.478 e. The molecule has 0 fully saturated rings. The van der Waals surface area contributed by atoms with Crippen molar-refractivity contribution in [2.45, 2.75) is 25.9 Å². The number of carboxylic acids is 1. The zero-order chi connectivity index (χ0) is 10.4. The SMILES string of the molecule is C=CCC(CC(C)O)C(=C)C(=O)O. The van der Waals surface area contributed by atoms with Crippen LogP contribution in [0.2, 0.25) is 0 Å². The standard InChI is InChI=1S/C10H16O3/c1-4-5-9(6-7(2)11)8(3)10(12)13/h4,7,9,11H,1,3,5-6H2,2H3,(H,12,13). The van der Waals surface area contributed by atoms with E-state index in [2.05, 4.69) is 13.2 Å². The Morgan fingerprint density at radius 2 is 2.15 bits per heavy atom. The number of allylic oxidation sites excluding steroid dienone is 1. The highest BCUT2D eigenvalue weighted by Gasteiger charge is 2.18. The van der Waals surface area contributed by atoms with Crippen LogP contribution in [0, 0.1) is 5.92 Å². The van der Waals surface area contributed by atoms with E-state index in [1.54, 1.807) is 13.0 Å². The van der Waals surface area contributed by atoms with Gasteiger partial charge < -0.3 is 10.2 Å². The molecule has 0 saturated heterocycles. The van der Waals surface area contributed by atoms with Crippen LogP contribution >= 0.6 is 0 Å². The van der Waals surface area contributed by atoms with Crippen molar-refractivity contribution in [3.8, 4) is 0 Å². The van der Waals surface area contributed by atoms with Crippen molar-refractivity contribution in [2.24, 2.45) is 5.92 Å². The maximum Gasteiger partial charge on any atom is 0.331 e. The van der Waals surface area contributed by atoms with Crippen LogP contribution in [0.15, 0.2) is 24.8 Å². The van der Waals surface area contributed by atoms with Gasteiger partial charge in [-0.15, -0.1) is 6.58 Å². The maximum absolute atomic E-state index is 10.6. The molecule has 0 aromatic carbocycles. The van der Waals surface area contributed by atoms with Gasteiger partial charge in [0.1, 0.15) is 0 Å². The van der Waals surface area contributed by atoms with Gasteiger partial charge in [-0.2, -0.15) is 0 Å². The van der Waals surface area contributed by atoms with Gasteiger partial charge in [0.25, 0.3) is 0 Å². The van der Waals surface area contributed by atoms with Gasteiger partial charge in [-0.05, 0) is 25.7 Å². The predicted molar refractivity (Wildman–Crippen MR) is 51.4 cm³/mol. The predicted octanol–water partition coefficient (Wildman–Crippen LogP) is 1.59. The molecule has 2 atom stereocenters. The lowest BCUT2D eigenvalue weighted by Gasteiger charge is -2.16. The number of carbonyl (C=O) groups is 1. The van der Waals surface area contributed by atoms with Gasteiger partial charge in [-0.25, -0.2) is 4.79 Å². The fourth-order valence-electron chi connectivity index (χ4n) is 1.17. The van der Waals surface area contributed by atoms with Crippen molar-refractivity contribution in [3.05, 3.63) is 24.8 Å². The molecule has 0 aromatic heterocycles. The third kappa shape index (κ3) is 4.48. The van der Waals surface area contributed by atoms with Crippen molar-refractivity contribution in [1.82, 2.24) is 0 Å². The van der Waals surface area contributed by atoms with Gasteiger partial charge in [0.15, 0.2) is 0 Å². The molecule has 0 aromatic rings. The lowest BCUT2D eigenvalue weighted by Crippen LogP contribution is -2.16.